The van der Waals surface area contributed by atoms with E-state index in [2.05, 4.69) is 5.32 Å². The van der Waals surface area contributed by atoms with Crippen molar-refractivity contribution in [2.75, 3.05) is 6.61 Å². The maximum absolute atomic E-state index is 13.1. The van der Waals surface area contributed by atoms with Gasteiger partial charge < -0.3 is 15.0 Å². The van der Waals surface area contributed by atoms with Crippen molar-refractivity contribution in [2.24, 2.45) is 0 Å². The lowest BCUT2D eigenvalue weighted by Gasteiger charge is -2.31. The minimum atomic E-state index is -0.633. The van der Waals surface area contributed by atoms with E-state index in [1.165, 1.54) is 6.42 Å². The van der Waals surface area contributed by atoms with Crippen LogP contribution in [0.15, 0.2) is 48.5 Å². The maximum atomic E-state index is 13.1. The Bertz CT molecular complexity index is 896. The summed E-state index contributed by atoms with van der Waals surface area (Å²) in [5.74, 6) is 0.237. The Morgan fingerprint density at radius 3 is 2.58 bits per heavy atom. The smallest absolute Gasteiger partial charge is 0.261 e. The number of hydrogen-bond donors (Lipinski definition) is 1. The van der Waals surface area contributed by atoms with Crippen LogP contribution in [0.5, 0.6) is 5.75 Å². The molecule has 2 aromatic carbocycles. The molecule has 1 saturated carbocycles. The summed E-state index contributed by atoms with van der Waals surface area (Å²) in [6.07, 6.45) is 5.47. The highest BCUT2D eigenvalue weighted by Crippen LogP contribution is 2.21. The first kappa shape index (κ1) is 23.1. The van der Waals surface area contributed by atoms with Crippen molar-refractivity contribution in [1.29, 1.82) is 0 Å². The van der Waals surface area contributed by atoms with Crippen LogP contribution in [0.3, 0.4) is 0 Å². The number of carbonyl (C=O) groups is 2. The van der Waals surface area contributed by atoms with Gasteiger partial charge in [0.2, 0.25) is 5.91 Å². The predicted molar refractivity (Wildman–Crippen MR) is 123 cm³/mol. The number of nitrogens with zero attached hydrogens (tertiary/aromatic N) is 1. The Morgan fingerprint density at radius 1 is 1.13 bits per heavy atom. The van der Waals surface area contributed by atoms with Crippen molar-refractivity contribution in [3.05, 3.63) is 64.7 Å². The van der Waals surface area contributed by atoms with Crippen molar-refractivity contribution < 1.29 is 14.3 Å². The van der Waals surface area contributed by atoms with Crippen molar-refractivity contribution in [3.63, 3.8) is 0 Å². The van der Waals surface area contributed by atoms with Crippen molar-refractivity contribution in [2.45, 2.75) is 64.6 Å². The van der Waals surface area contributed by atoms with Crippen LogP contribution in [0.25, 0.3) is 0 Å². The molecule has 0 aromatic heterocycles. The van der Waals surface area contributed by atoms with Gasteiger partial charge in [-0.1, -0.05) is 61.2 Å². The van der Waals surface area contributed by atoms with Gasteiger partial charge in [0.15, 0.2) is 6.61 Å². The normalized spacial score (nSPS) is 15.2. The molecule has 166 valence electrons. The van der Waals surface area contributed by atoms with E-state index in [1.54, 1.807) is 17.9 Å². The van der Waals surface area contributed by atoms with Gasteiger partial charge in [0, 0.05) is 17.6 Å². The van der Waals surface area contributed by atoms with Crippen LogP contribution >= 0.6 is 11.6 Å². The summed E-state index contributed by atoms with van der Waals surface area (Å²) in [7, 11) is 0. The van der Waals surface area contributed by atoms with E-state index in [4.69, 9.17) is 16.3 Å². The molecule has 6 heteroatoms. The molecule has 31 heavy (non-hydrogen) atoms. The Hall–Kier alpha value is -2.53. The molecular weight excluding hydrogens is 412 g/mol. The third-order valence-corrected chi connectivity index (χ3v) is 6.14. The van der Waals surface area contributed by atoms with Gasteiger partial charge in [0.05, 0.1) is 0 Å². The fourth-order valence-corrected chi connectivity index (χ4v) is 4.09. The second-order valence-corrected chi connectivity index (χ2v) is 8.64. The molecule has 5 nitrogen and oxygen atoms in total. The number of nitrogens with one attached hydrogen (secondary N) is 1. The van der Waals surface area contributed by atoms with E-state index in [0.717, 1.165) is 36.8 Å². The average Bonchev–Trinajstić information content (AvgIpc) is 2.77. The zero-order valence-electron chi connectivity index (χ0n) is 18.3. The minimum absolute atomic E-state index is 0.136. The number of ether oxygens (including phenoxy) is 1. The summed E-state index contributed by atoms with van der Waals surface area (Å²) in [5, 5.41) is 3.70. The number of benzene rings is 2. The SMILES string of the molecule is Cc1cccc(OCC(=O)N(Cc2ccccc2Cl)C(C)C(=O)NC2CCCCC2)c1. The molecule has 0 bridgehead atoms. The lowest BCUT2D eigenvalue weighted by Crippen LogP contribution is -2.51. The highest BCUT2D eigenvalue weighted by atomic mass is 35.5. The summed E-state index contributed by atoms with van der Waals surface area (Å²) < 4.78 is 5.72. The van der Waals surface area contributed by atoms with Gasteiger partial charge in [-0.05, 0) is 56.0 Å². The molecule has 2 aromatic rings. The van der Waals surface area contributed by atoms with E-state index in [0.29, 0.717) is 10.8 Å². The van der Waals surface area contributed by atoms with Gasteiger partial charge in [0.25, 0.3) is 5.91 Å². The third kappa shape index (κ3) is 6.73. The molecule has 1 atom stereocenters. The zero-order chi connectivity index (χ0) is 22.2. The second-order valence-electron chi connectivity index (χ2n) is 8.24. The Labute approximate surface area is 189 Å². The number of amides is 2. The first-order valence-electron chi connectivity index (χ1n) is 11.0. The van der Waals surface area contributed by atoms with Crippen molar-refractivity contribution in [3.8, 4) is 5.75 Å². The largest absolute Gasteiger partial charge is 0.484 e. The van der Waals surface area contributed by atoms with Crippen LogP contribution in [0.2, 0.25) is 5.02 Å². The quantitative estimate of drug-likeness (QED) is 0.633. The van der Waals surface area contributed by atoms with Gasteiger partial charge in [0.1, 0.15) is 11.8 Å². The molecule has 0 spiro atoms. The number of halogens is 1. The highest BCUT2D eigenvalue weighted by molar-refractivity contribution is 6.31. The summed E-state index contributed by atoms with van der Waals surface area (Å²) in [4.78, 5) is 27.7. The van der Waals surface area contributed by atoms with Gasteiger partial charge in [-0.25, -0.2) is 0 Å². The molecule has 3 rings (SSSR count). The van der Waals surface area contributed by atoms with Crippen molar-refractivity contribution >= 4 is 23.4 Å². The third-order valence-electron chi connectivity index (χ3n) is 5.77. The molecule has 0 radical (unpaired) electrons. The lowest BCUT2D eigenvalue weighted by molar-refractivity contribution is -0.142. The summed E-state index contributed by atoms with van der Waals surface area (Å²) in [5.41, 5.74) is 1.85. The van der Waals surface area contributed by atoms with Gasteiger partial charge in [-0.15, -0.1) is 0 Å². The van der Waals surface area contributed by atoms with Crippen LogP contribution in [0, 0.1) is 6.92 Å². The number of carbonyl (C=O) groups excluding carboxylic acids is 2. The Balaban J connectivity index is 1.72. The Morgan fingerprint density at radius 2 is 1.87 bits per heavy atom. The fraction of sp³-hybridized carbons (Fsp3) is 0.440. The molecule has 2 amide bonds. The topological polar surface area (TPSA) is 58.6 Å². The monoisotopic (exact) mass is 442 g/mol. The molecule has 0 saturated heterocycles. The maximum Gasteiger partial charge on any atom is 0.261 e. The molecule has 0 heterocycles. The minimum Gasteiger partial charge on any atom is -0.484 e. The van der Waals surface area contributed by atoms with Gasteiger partial charge in [-0.2, -0.15) is 0 Å². The van der Waals surface area contributed by atoms with Gasteiger partial charge in [-0.3, -0.25) is 9.59 Å². The van der Waals surface area contributed by atoms with Gasteiger partial charge >= 0.3 is 0 Å². The Kier molecular flexibility index (Phi) is 8.35. The predicted octanol–water partition coefficient (Wildman–Crippen LogP) is 4.89. The van der Waals surface area contributed by atoms with E-state index < -0.39 is 6.04 Å². The zero-order valence-corrected chi connectivity index (χ0v) is 19.0. The summed E-state index contributed by atoms with van der Waals surface area (Å²) in [6.45, 7) is 3.83. The lowest BCUT2D eigenvalue weighted by atomic mass is 9.95. The summed E-state index contributed by atoms with van der Waals surface area (Å²) >= 11 is 6.33. The van der Waals surface area contributed by atoms with E-state index in [-0.39, 0.29) is 31.0 Å². The van der Waals surface area contributed by atoms with Crippen LogP contribution in [-0.4, -0.2) is 35.4 Å². The standard InChI is InChI=1S/C25H31ClN2O3/c1-18-9-8-13-22(15-18)31-17-24(29)28(16-20-10-6-7-14-23(20)26)19(2)25(30)27-21-11-4-3-5-12-21/h6-10,13-15,19,21H,3-5,11-12,16-17H2,1-2H3,(H,27,30). The molecule has 1 fully saturated rings. The van der Waals surface area contributed by atoms with Crippen LogP contribution in [0.4, 0.5) is 0 Å². The molecule has 1 N–H and O–H groups in total. The van der Waals surface area contributed by atoms with Crippen LogP contribution < -0.4 is 10.1 Å². The second kappa shape index (κ2) is 11.2. The van der Waals surface area contributed by atoms with E-state index >= 15 is 0 Å². The van der Waals surface area contributed by atoms with Crippen molar-refractivity contribution in [1.82, 2.24) is 10.2 Å². The number of aryl methyl sites for hydroxylation is 1. The number of hydrogen-bond acceptors (Lipinski definition) is 3. The molecule has 0 aliphatic heterocycles. The first-order valence-corrected chi connectivity index (χ1v) is 11.3. The molecular formula is C25H31ClN2O3. The van der Waals surface area contributed by atoms with Crippen LogP contribution in [0.1, 0.15) is 50.2 Å². The van der Waals surface area contributed by atoms with E-state index in [1.807, 2.05) is 49.4 Å². The summed E-state index contributed by atoms with van der Waals surface area (Å²) in [6, 6.07) is 14.5. The number of rotatable bonds is 8. The molecule has 1 unspecified atom stereocenters. The fourth-order valence-electron chi connectivity index (χ4n) is 3.89. The first-order chi connectivity index (χ1) is 14.9. The van der Waals surface area contributed by atoms with Crippen LogP contribution in [-0.2, 0) is 16.1 Å². The molecule has 1 aliphatic rings. The average molecular weight is 443 g/mol. The van der Waals surface area contributed by atoms with E-state index in [9.17, 15) is 9.59 Å². The highest BCUT2D eigenvalue weighted by Gasteiger charge is 2.28. The molecule has 1 aliphatic carbocycles.